The highest BCUT2D eigenvalue weighted by atomic mass is 15.2. The van der Waals surface area contributed by atoms with Gasteiger partial charge in [0.2, 0.25) is 0 Å². The van der Waals surface area contributed by atoms with Gasteiger partial charge in [0.05, 0.1) is 0 Å². The molecule has 20 heavy (non-hydrogen) atoms. The zero-order valence-electron chi connectivity index (χ0n) is 13.9. The minimum absolute atomic E-state index is 0.757. The number of likely N-dealkylation sites (N-methyl/N-ethyl adjacent to an activating group) is 1. The van der Waals surface area contributed by atoms with Crippen LogP contribution < -0.4 is 5.32 Å². The molecule has 0 amide bonds. The van der Waals surface area contributed by atoms with Crippen molar-refractivity contribution in [2.45, 2.75) is 90.1 Å². The van der Waals surface area contributed by atoms with Crippen LogP contribution in [0.3, 0.4) is 0 Å². The first-order chi connectivity index (χ1) is 9.85. The van der Waals surface area contributed by atoms with Crippen LogP contribution in [0.25, 0.3) is 0 Å². The van der Waals surface area contributed by atoms with Crippen LogP contribution in [0.5, 0.6) is 0 Å². The van der Waals surface area contributed by atoms with Gasteiger partial charge in [0.1, 0.15) is 0 Å². The average Bonchev–Trinajstić information content (AvgIpc) is 2.41. The molecular weight excluding hydrogens is 244 g/mol. The minimum Gasteiger partial charge on any atom is -0.313 e. The fourth-order valence-corrected chi connectivity index (χ4v) is 4.41. The molecule has 0 bridgehead atoms. The summed E-state index contributed by atoms with van der Waals surface area (Å²) in [6, 6.07) is 1.57. The monoisotopic (exact) mass is 280 g/mol. The van der Waals surface area contributed by atoms with E-state index in [-0.39, 0.29) is 0 Å². The van der Waals surface area contributed by atoms with Gasteiger partial charge in [0.25, 0.3) is 0 Å². The smallest absolute Gasteiger partial charge is 0.0251 e. The third-order valence-corrected chi connectivity index (χ3v) is 5.45. The van der Waals surface area contributed by atoms with Gasteiger partial charge in [-0.05, 0) is 57.7 Å². The van der Waals surface area contributed by atoms with Gasteiger partial charge in [0, 0.05) is 12.1 Å². The van der Waals surface area contributed by atoms with E-state index in [4.69, 9.17) is 0 Å². The van der Waals surface area contributed by atoms with Crippen LogP contribution in [-0.2, 0) is 0 Å². The Morgan fingerprint density at radius 1 is 0.950 bits per heavy atom. The third-order valence-electron chi connectivity index (χ3n) is 5.45. The first kappa shape index (κ1) is 16.3. The van der Waals surface area contributed by atoms with E-state index in [1.165, 1.54) is 77.3 Å². The van der Waals surface area contributed by atoms with E-state index in [9.17, 15) is 0 Å². The molecule has 0 aromatic heterocycles. The van der Waals surface area contributed by atoms with Crippen LogP contribution in [0.4, 0.5) is 0 Å². The molecule has 1 saturated carbocycles. The molecule has 0 aromatic carbocycles. The number of hydrogen-bond acceptors (Lipinski definition) is 2. The predicted molar refractivity (Wildman–Crippen MR) is 88.2 cm³/mol. The molecule has 0 aromatic rings. The summed E-state index contributed by atoms with van der Waals surface area (Å²) in [6.07, 6.45) is 14.3. The Kier molecular flexibility index (Phi) is 7.37. The Labute approximate surface area is 126 Å². The quantitative estimate of drug-likeness (QED) is 0.812. The number of likely N-dealkylation sites (tertiary alicyclic amines) is 1. The Bertz CT molecular complexity index is 246. The molecule has 1 heterocycles. The van der Waals surface area contributed by atoms with Crippen molar-refractivity contribution in [1.29, 1.82) is 0 Å². The molecule has 2 rings (SSSR count). The van der Waals surface area contributed by atoms with Crippen molar-refractivity contribution in [2.75, 3.05) is 19.6 Å². The second kappa shape index (κ2) is 9.04. The number of rotatable bonds is 5. The standard InChI is InChI=1S/C18H36N2/c1-3-10-16-11-12-17(19-4-2)18(15-16)20-13-8-6-5-7-9-14-20/h16-19H,3-15H2,1-2H3. The molecule has 2 aliphatic rings. The first-order valence-electron chi connectivity index (χ1n) is 9.32. The normalized spacial score (nSPS) is 33.6. The molecule has 0 radical (unpaired) electrons. The molecule has 2 nitrogen and oxygen atoms in total. The molecular formula is C18H36N2. The molecule has 1 N–H and O–H groups in total. The fourth-order valence-electron chi connectivity index (χ4n) is 4.41. The van der Waals surface area contributed by atoms with Gasteiger partial charge in [-0.15, -0.1) is 0 Å². The van der Waals surface area contributed by atoms with E-state index >= 15 is 0 Å². The van der Waals surface area contributed by atoms with E-state index in [1.54, 1.807) is 0 Å². The zero-order valence-corrected chi connectivity index (χ0v) is 13.9. The largest absolute Gasteiger partial charge is 0.313 e. The summed E-state index contributed by atoms with van der Waals surface area (Å²) in [4.78, 5) is 2.86. The van der Waals surface area contributed by atoms with Crippen molar-refractivity contribution in [3.8, 4) is 0 Å². The lowest BCUT2D eigenvalue weighted by molar-refractivity contribution is 0.0869. The predicted octanol–water partition coefficient (Wildman–Crippen LogP) is 4.20. The summed E-state index contributed by atoms with van der Waals surface area (Å²) in [5, 5.41) is 3.79. The highest BCUT2D eigenvalue weighted by Gasteiger charge is 2.33. The number of nitrogens with zero attached hydrogens (tertiary/aromatic N) is 1. The van der Waals surface area contributed by atoms with Crippen molar-refractivity contribution in [2.24, 2.45) is 5.92 Å². The molecule has 118 valence electrons. The SMILES string of the molecule is CCCC1CCC(NCC)C(N2CCCCCCC2)C1. The van der Waals surface area contributed by atoms with Gasteiger partial charge < -0.3 is 5.32 Å². The van der Waals surface area contributed by atoms with Crippen LogP contribution in [0.1, 0.15) is 78.1 Å². The Balaban J connectivity index is 1.96. The van der Waals surface area contributed by atoms with Crippen molar-refractivity contribution in [1.82, 2.24) is 10.2 Å². The van der Waals surface area contributed by atoms with Crippen molar-refractivity contribution >= 4 is 0 Å². The topological polar surface area (TPSA) is 15.3 Å². The molecule has 2 heteroatoms. The van der Waals surface area contributed by atoms with Gasteiger partial charge in [-0.2, -0.15) is 0 Å². The lowest BCUT2D eigenvalue weighted by atomic mass is 9.79. The van der Waals surface area contributed by atoms with Gasteiger partial charge in [-0.25, -0.2) is 0 Å². The van der Waals surface area contributed by atoms with Crippen LogP contribution >= 0.6 is 0 Å². The summed E-state index contributed by atoms with van der Waals surface area (Å²) < 4.78 is 0. The van der Waals surface area contributed by atoms with E-state index in [0.717, 1.165) is 24.5 Å². The molecule has 1 aliphatic carbocycles. The lowest BCUT2D eigenvalue weighted by Gasteiger charge is -2.44. The van der Waals surface area contributed by atoms with Crippen molar-refractivity contribution in [3.05, 3.63) is 0 Å². The summed E-state index contributed by atoms with van der Waals surface area (Å²) in [5.74, 6) is 0.991. The van der Waals surface area contributed by atoms with Crippen molar-refractivity contribution in [3.63, 3.8) is 0 Å². The average molecular weight is 280 g/mol. The molecule has 3 atom stereocenters. The molecule has 1 saturated heterocycles. The summed E-state index contributed by atoms with van der Waals surface area (Å²) in [5.41, 5.74) is 0. The molecule has 1 aliphatic heterocycles. The maximum absolute atomic E-state index is 3.79. The second-order valence-electron chi connectivity index (χ2n) is 7.00. The van der Waals surface area contributed by atoms with Gasteiger partial charge in [-0.3, -0.25) is 4.90 Å². The van der Waals surface area contributed by atoms with Crippen LogP contribution in [-0.4, -0.2) is 36.6 Å². The van der Waals surface area contributed by atoms with Gasteiger partial charge in [-0.1, -0.05) is 46.0 Å². The van der Waals surface area contributed by atoms with Gasteiger partial charge >= 0.3 is 0 Å². The highest BCUT2D eigenvalue weighted by Crippen LogP contribution is 2.32. The van der Waals surface area contributed by atoms with Crippen LogP contribution in [0.2, 0.25) is 0 Å². The van der Waals surface area contributed by atoms with E-state index in [1.807, 2.05) is 0 Å². The number of nitrogens with one attached hydrogen (secondary N) is 1. The third kappa shape index (κ3) is 4.73. The van der Waals surface area contributed by atoms with Crippen molar-refractivity contribution < 1.29 is 0 Å². The maximum Gasteiger partial charge on any atom is 0.0251 e. The second-order valence-corrected chi connectivity index (χ2v) is 7.00. The number of hydrogen-bond donors (Lipinski definition) is 1. The van der Waals surface area contributed by atoms with E-state index in [0.29, 0.717) is 0 Å². The summed E-state index contributed by atoms with van der Waals surface area (Å²) >= 11 is 0. The van der Waals surface area contributed by atoms with E-state index in [2.05, 4.69) is 24.1 Å². The first-order valence-corrected chi connectivity index (χ1v) is 9.32. The maximum atomic E-state index is 3.79. The van der Waals surface area contributed by atoms with E-state index < -0.39 is 0 Å². The van der Waals surface area contributed by atoms with Crippen LogP contribution in [0, 0.1) is 5.92 Å². The fraction of sp³-hybridized carbons (Fsp3) is 1.00. The Morgan fingerprint density at radius 3 is 2.30 bits per heavy atom. The molecule has 3 unspecified atom stereocenters. The highest BCUT2D eigenvalue weighted by molar-refractivity contribution is 4.91. The molecule has 0 spiro atoms. The Morgan fingerprint density at radius 2 is 1.65 bits per heavy atom. The zero-order chi connectivity index (χ0) is 14.2. The van der Waals surface area contributed by atoms with Crippen LogP contribution in [0.15, 0.2) is 0 Å². The summed E-state index contributed by atoms with van der Waals surface area (Å²) in [6.45, 7) is 8.45. The van der Waals surface area contributed by atoms with Gasteiger partial charge in [0.15, 0.2) is 0 Å². The summed E-state index contributed by atoms with van der Waals surface area (Å²) in [7, 11) is 0. The lowest BCUT2D eigenvalue weighted by Crippen LogP contribution is -2.54. The minimum atomic E-state index is 0.757. The Hall–Kier alpha value is -0.0800. The molecule has 2 fully saturated rings.